The summed E-state index contributed by atoms with van der Waals surface area (Å²) in [7, 11) is 3.47. The maximum Gasteiger partial charge on any atom is 0.293 e. The van der Waals surface area contributed by atoms with Gasteiger partial charge in [-0.05, 0) is 44.2 Å². The SMILES string of the molecule is CN(C)c1ccc(C(=O)NCCC2=CCCCC2)cc1[N+](=O)[O-]. The third-order valence-electron chi connectivity index (χ3n) is 4.03. The van der Waals surface area contributed by atoms with Crippen molar-refractivity contribution in [2.45, 2.75) is 32.1 Å². The minimum Gasteiger partial charge on any atom is -0.372 e. The highest BCUT2D eigenvalue weighted by molar-refractivity contribution is 5.95. The van der Waals surface area contributed by atoms with Crippen molar-refractivity contribution in [3.8, 4) is 0 Å². The van der Waals surface area contributed by atoms with Crippen molar-refractivity contribution in [2.24, 2.45) is 0 Å². The van der Waals surface area contributed by atoms with E-state index in [-0.39, 0.29) is 11.6 Å². The number of nitrogens with one attached hydrogen (secondary N) is 1. The van der Waals surface area contributed by atoms with E-state index in [1.54, 1.807) is 31.1 Å². The van der Waals surface area contributed by atoms with Gasteiger partial charge in [-0.3, -0.25) is 14.9 Å². The highest BCUT2D eigenvalue weighted by atomic mass is 16.6. The van der Waals surface area contributed by atoms with Gasteiger partial charge in [-0.2, -0.15) is 0 Å². The van der Waals surface area contributed by atoms with Gasteiger partial charge in [0.2, 0.25) is 0 Å². The topological polar surface area (TPSA) is 75.5 Å². The molecule has 1 aliphatic rings. The predicted molar refractivity (Wildman–Crippen MR) is 90.9 cm³/mol. The quantitative estimate of drug-likeness (QED) is 0.496. The van der Waals surface area contributed by atoms with Gasteiger partial charge in [-0.25, -0.2) is 0 Å². The summed E-state index contributed by atoms with van der Waals surface area (Å²) in [5.41, 5.74) is 2.14. The standard InChI is InChI=1S/C17H23N3O3/c1-19(2)15-9-8-14(12-16(15)20(22)23)17(21)18-11-10-13-6-4-3-5-7-13/h6,8-9,12H,3-5,7,10-11H2,1-2H3,(H,18,21). The highest BCUT2D eigenvalue weighted by Crippen LogP contribution is 2.27. The molecular weight excluding hydrogens is 294 g/mol. The van der Waals surface area contributed by atoms with Crippen LogP contribution < -0.4 is 10.2 Å². The molecule has 2 rings (SSSR count). The van der Waals surface area contributed by atoms with Crippen LogP contribution in [-0.4, -0.2) is 31.5 Å². The maximum atomic E-state index is 12.2. The van der Waals surface area contributed by atoms with Gasteiger partial charge in [0.25, 0.3) is 11.6 Å². The van der Waals surface area contributed by atoms with Crippen molar-refractivity contribution in [2.75, 3.05) is 25.5 Å². The summed E-state index contributed by atoms with van der Waals surface area (Å²) < 4.78 is 0. The molecular formula is C17H23N3O3. The van der Waals surface area contributed by atoms with Crippen molar-refractivity contribution in [3.05, 3.63) is 45.5 Å². The Kier molecular flexibility index (Phi) is 5.73. The van der Waals surface area contributed by atoms with Gasteiger partial charge in [0, 0.05) is 32.3 Å². The van der Waals surface area contributed by atoms with Crippen LogP contribution in [0.1, 0.15) is 42.5 Å². The number of hydrogen-bond acceptors (Lipinski definition) is 4. The van der Waals surface area contributed by atoms with E-state index in [2.05, 4.69) is 11.4 Å². The molecule has 6 nitrogen and oxygen atoms in total. The molecule has 1 aliphatic carbocycles. The molecule has 0 unspecified atom stereocenters. The molecule has 23 heavy (non-hydrogen) atoms. The average molecular weight is 317 g/mol. The predicted octanol–water partition coefficient (Wildman–Crippen LogP) is 3.28. The molecule has 0 atom stereocenters. The number of rotatable bonds is 6. The molecule has 0 bridgehead atoms. The van der Waals surface area contributed by atoms with Crippen LogP contribution in [-0.2, 0) is 0 Å². The summed E-state index contributed by atoms with van der Waals surface area (Å²) in [6, 6.07) is 4.57. The lowest BCUT2D eigenvalue weighted by Gasteiger charge is -2.14. The fraction of sp³-hybridized carbons (Fsp3) is 0.471. The molecule has 1 aromatic carbocycles. The summed E-state index contributed by atoms with van der Waals surface area (Å²) in [6.45, 7) is 0.563. The minimum atomic E-state index is -0.459. The number of amides is 1. The first-order chi connectivity index (χ1) is 11.0. The number of benzene rings is 1. The Hall–Kier alpha value is -2.37. The van der Waals surface area contributed by atoms with Crippen LogP contribution in [0.5, 0.6) is 0 Å². The zero-order valence-electron chi connectivity index (χ0n) is 13.7. The van der Waals surface area contributed by atoms with Gasteiger partial charge < -0.3 is 10.2 Å². The number of nitro benzene ring substituents is 1. The fourth-order valence-electron chi connectivity index (χ4n) is 2.76. The van der Waals surface area contributed by atoms with Crippen LogP contribution in [0, 0.1) is 10.1 Å². The van der Waals surface area contributed by atoms with Gasteiger partial charge in [0.1, 0.15) is 5.69 Å². The van der Waals surface area contributed by atoms with E-state index in [0.29, 0.717) is 17.8 Å². The van der Waals surface area contributed by atoms with Crippen molar-refractivity contribution in [3.63, 3.8) is 0 Å². The molecule has 0 aromatic heterocycles. The Morgan fingerprint density at radius 2 is 2.13 bits per heavy atom. The Bertz CT molecular complexity index is 624. The van der Waals surface area contributed by atoms with E-state index >= 15 is 0 Å². The molecule has 124 valence electrons. The van der Waals surface area contributed by atoms with Crippen LogP contribution in [0.3, 0.4) is 0 Å². The second-order valence-electron chi connectivity index (χ2n) is 5.97. The summed E-state index contributed by atoms with van der Waals surface area (Å²) in [5, 5.41) is 14.0. The summed E-state index contributed by atoms with van der Waals surface area (Å²) in [6.07, 6.45) is 7.81. The number of nitro groups is 1. The second-order valence-corrected chi connectivity index (χ2v) is 5.97. The van der Waals surface area contributed by atoms with E-state index in [9.17, 15) is 14.9 Å². The van der Waals surface area contributed by atoms with E-state index < -0.39 is 4.92 Å². The molecule has 0 saturated carbocycles. The van der Waals surface area contributed by atoms with E-state index in [4.69, 9.17) is 0 Å². The number of allylic oxidation sites excluding steroid dienone is 1. The van der Waals surface area contributed by atoms with Crippen molar-refractivity contribution in [1.29, 1.82) is 0 Å². The fourth-order valence-corrected chi connectivity index (χ4v) is 2.76. The first kappa shape index (κ1) is 17.0. The Morgan fingerprint density at radius 1 is 1.35 bits per heavy atom. The van der Waals surface area contributed by atoms with Gasteiger partial charge in [-0.15, -0.1) is 0 Å². The van der Waals surface area contributed by atoms with Crippen molar-refractivity contribution < 1.29 is 9.72 Å². The molecule has 0 heterocycles. The number of carbonyl (C=O) groups excluding carboxylic acids is 1. The lowest BCUT2D eigenvalue weighted by atomic mass is 9.97. The zero-order valence-corrected chi connectivity index (χ0v) is 13.7. The van der Waals surface area contributed by atoms with Crippen molar-refractivity contribution in [1.82, 2.24) is 5.32 Å². The van der Waals surface area contributed by atoms with Gasteiger partial charge in [0.15, 0.2) is 0 Å². The smallest absolute Gasteiger partial charge is 0.293 e. The third kappa shape index (κ3) is 4.55. The van der Waals surface area contributed by atoms with E-state index in [1.807, 2.05) is 0 Å². The summed E-state index contributed by atoms with van der Waals surface area (Å²) in [5.74, 6) is -0.269. The van der Waals surface area contributed by atoms with E-state index in [1.165, 1.54) is 24.5 Å². The molecule has 0 radical (unpaired) electrons. The van der Waals surface area contributed by atoms with Crippen molar-refractivity contribution >= 4 is 17.3 Å². The van der Waals surface area contributed by atoms with Crippen LogP contribution in [0.15, 0.2) is 29.8 Å². The van der Waals surface area contributed by atoms with Crippen LogP contribution in [0.2, 0.25) is 0 Å². The van der Waals surface area contributed by atoms with Gasteiger partial charge in [-0.1, -0.05) is 11.6 Å². The molecule has 1 N–H and O–H groups in total. The normalized spacial score (nSPS) is 14.1. The molecule has 0 spiro atoms. The van der Waals surface area contributed by atoms with Gasteiger partial charge >= 0.3 is 0 Å². The van der Waals surface area contributed by atoms with Crippen LogP contribution in [0.25, 0.3) is 0 Å². The molecule has 0 fully saturated rings. The van der Waals surface area contributed by atoms with Gasteiger partial charge in [0.05, 0.1) is 4.92 Å². The summed E-state index contributed by atoms with van der Waals surface area (Å²) >= 11 is 0. The molecule has 6 heteroatoms. The molecule has 1 amide bonds. The minimum absolute atomic E-state index is 0.0577. The largest absolute Gasteiger partial charge is 0.372 e. The average Bonchev–Trinajstić information content (AvgIpc) is 2.55. The third-order valence-corrected chi connectivity index (χ3v) is 4.03. The van der Waals surface area contributed by atoms with Crippen LogP contribution >= 0.6 is 0 Å². The maximum absolute atomic E-state index is 12.2. The second kappa shape index (κ2) is 7.76. The van der Waals surface area contributed by atoms with E-state index in [0.717, 1.165) is 19.3 Å². The Morgan fingerprint density at radius 3 is 2.74 bits per heavy atom. The number of nitrogens with zero attached hydrogens (tertiary/aromatic N) is 2. The highest BCUT2D eigenvalue weighted by Gasteiger charge is 2.18. The molecule has 1 aromatic rings. The number of anilines is 1. The zero-order chi connectivity index (χ0) is 16.8. The first-order valence-corrected chi connectivity index (χ1v) is 7.91. The van der Waals surface area contributed by atoms with Crippen LogP contribution in [0.4, 0.5) is 11.4 Å². The lowest BCUT2D eigenvalue weighted by Crippen LogP contribution is -2.25. The molecule has 0 saturated heterocycles. The molecule has 0 aliphatic heterocycles. The first-order valence-electron chi connectivity index (χ1n) is 7.91. The number of hydrogen-bond donors (Lipinski definition) is 1. The number of carbonyl (C=O) groups is 1. The Balaban J connectivity index is 2.00. The lowest BCUT2D eigenvalue weighted by molar-refractivity contribution is -0.384. The summed E-state index contributed by atoms with van der Waals surface area (Å²) in [4.78, 5) is 24.5. The Labute approximate surface area is 136 Å². The monoisotopic (exact) mass is 317 g/mol.